The molecule has 0 spiro atoms. The van der Waals surface area contributed by atoms with Crippen molar-refractivity contribution in [2.45, 2.75) is 11.7 Å². The summed E-state index contributed by atoms with van der Waals surface area (Å²) in [7, 11) is 0. The summed E-state index contributed by atoms with van der Waals surface area (Å²) in [6, 6.07) is 18.7. The zero-order valence-electron chi connectivity index (χ0n) is 15.3. The number of amides is 3. The number of nitrogens with zero attached hydrogens (tertiary/aromatic N) is 1. The lowest BCUT2D eigenvalue weighted by Crippen LogP contribution is -2.31. The fourth-order valence-corrected chi connectivity index (χ4v) is 4.17. The average Bonchev–Trinajstić information content (AvgIpc) is 3.00. The minimum atomic E-state index is -0.630. The number of imide groups is 1. The van der Waals surface area contributed by atoms with Crippen LogP contribution in [0.3, 0.4) is 0 Å². The molecule has 1 aliphatic heterocycles. The van der Waals surface area contributed by atoms with Crippen molar-refractivity contribution in [2.24, 2.45) is 0 Å². The van der Waals surface area contributed by atoms with Gasteiger partial charge < -0.3 is 5.32 Å². The summed E-state index contributed by atoms with van der Waals surface area (Å²) < 4.78 is 13.1. The summed E-state index contributed by atoms with van der Waals surface area (Å²) in [5, 5.41) is 4.29. The predicted octanol–water partition coefficient (Wildman–Crippen LogP) is 3.98. The second kappa shape index (κ2) is 8.05. The molecule has 1 atom stereocenters. The van der Waals surface area contributed by atoms with Crippen LogP contribution in [0.15, 0.2) is 66.7 Å². The van der Waals surface area contributed by atoms with E-state index in [1.165, 1.54) is 24.3 Å². The molecule has 0 unspecified atom stereocenters. The number of carbonyl (C=O) groups is 3. The van der Waals surface area contributed by atoms with Crippen LogP contribution < -0.4 is 10.2 Å². The Labute approximate surface area is 170 Å². The first-order valence-electron chi connectivity index (χ1n) is 9.04. The first-order valence-corrected chi connectivity index (χ1v) is 10.1. The Kier molecular flexibility index (Phi) is 5.31. The molecule has 3 aromatic rings. The van der Waals surface area contributed by atoms with Crippen molar-refractivity contribution in [2.75, 3.05) is 16.0 Å². The van der Waals surface area contributed by atoms with Gasteiger partial charge in [-0.1, -0.05) is 30.3 Å². The minimum absolute atomic E-state index is 0.0180. The van der Waals surface area contributed by atoms with Crippen LogP contribution in [0, 0.1) is 5.82 Å². The van der Waals surface area contributed by atoms with E-state index in [0.29, 0.717) is 11.4 Å². The van der Waals surface area contributed by atoms with Crippen molar-refractivity contribution in [3.05, 3.63) is 72.5 Å². The van der Waals surface area contributed by atoms with E-state index in [9.17, 15) is 18.8 Å². The van der Waals surface area contributed by atoms with Crippen LogP contribution in [0.25, 0.3) is 10.8 Å². The maximum absolute atomic E-state index is 13.1. The third-order valence-electron chi connectivity index (χ3n) is 4.64. The van der Waals surface area contributed by atoms with Crippen LogP contribution in [-0.2, 0) is 14.4 Å². The number of fused-ring (bicyclic) bond motifs is 1. The second-order valence-electron chi connectivity index (χ2n) is 6.66. The van der Waals surface area contributed by atoms with E-state index in [0.717, 1.165) is 27.4 Å². The molecule has 1 heterocycles. The first-order chi connectivity index (χ1) is 14.0. The smallest absolute Gasteiger partial charge is 0.247 e. The molecular formula is C22H17FN2O3S. The van der Waals surface area contributed by atoms with E-state index < -0.39 is 11.1 Å². The zero-order valence-corrected chi connectivity index (χ0v) is 16.1. The molecule has 29 heavy (non-hydrogen) atoms. The lowest BCUT2D eigenvalue weighted by Gasteiger charge is -2.14. The Hall–Kier alpha value is -3.19. The summed E-state index contributed by atoms with van der Waals surface area (Å²) in [4.78, 5) is 38.2. The van der Waals surface area contributed by atoms with E-state index in [4.69, 9.17) is 0 Å². The molecule has 1 N–H and O–H groups in total. The molecule has 1 fully saturated rings. The number of benzene rings is 3. The van der Waals surface area contributed by atoms with Crippen molar-refractivity contribution in [3.8, 4) is 0 Å². The summed E-state index contributed by atoms with van der Waals surface area (Å²) in [6.07, 6.45) is 0.0180. The maximum atomic E-state index is 13.1. The van der Waals surface area contributed by atoms with Crippen LogP contribution in [0.5, 0.6) is 0 Å². The van der Waals surface area contributed by atoms with E-state index >= 15 is 0 Å². The van der Waals surface area contributed by atoms with E-state index in [2.05, 4.69) is 5.32 Å². The van der Waals surface area contributed by atoms with Gasteiger partial charge in [0.15, 0.2) is 0 Å². The average molecular weight is 408 g/mol. The summed E-state index contributed by atoms with van der Waals surface area (Å²) >= 11 is 1.13. The van der Waals surface area contributed by atoms with Gasteiger partial charge in [-0.25, -0.2) is 9.29 Å². The fraction of sp³-hybridized carbons (Fsp3) is 0.136. The summed E-state index contributed by atoms with van der Waals surface area (Å²) in [6.45, 7) is 0. The van der Waals surface area contributed by atoms with Gasteiger partial charge in [0.1, 0.15) is 5.82 Å². The van der Waals surface area contributed by atoms with Gasteiger partial charge in [-0.15, -0.1) is 11.8 Å². The quantitative estimate of drug-likeness (QED) is 0.649. The first kappa shape index (κ1) is 19.1. The Morgan fingerprint density at radius 2 is 1.76 bits per heavy atom. The van der Waals surface area contributed by atoms with Gasteiger partial charge >= 0.3 is 0 Å². The van der Waals surface area contributed by atoms with Gasteiger partial charge in [0.05, 0.1) is 16.7 Å². The standard InChI is InChI=1S/C22H17FN2O3S/c23-16-6-9-18(10-7-16)25-21(27)12-19(22(25)28)29-13-20(26)24-17-8-5-14-3-1-2-4-15(14)11-17/h1-11,19H,12-13H2,(H,24,26)/t19-/m0/s1. The third-order valence-corrected chi connectivity index (χ3v) is 5.84. The van der Waals surface area contributed by atoms with Crippen LogP contribution in [0.2, 0.25) is 0 Å². The van der Waals surface area contributed by atoms with Crippen molar-refractivity contribution < 1.29 is 18.8 Å². The number of halogens is 1. The van der Waals surface area contributed by atoms with E-state index in [1.807, 2.05) is 42.5 Å². The van der Waals surface area contributed by atoms with Crippen molar-refractivity contribution in [3.63, 3.8) is 0 Å². The topological polar surface area (TPSA) is 66.5 Å². The molecule has 1 aliphatic rings. The highest BCUT2D eigenvalue weighted by Crippen LogP contribution is 2.30. The number of rotatable bonds is 5. The molecular weight excluding hydrogens is 391 g/mol. The lowest BCUT2D eigenvalue weighted by atomic mass is 10.1. The molecule has 0 aromatic heterocycles. The highest BCUT2D eigenvalue weighted by atomic mass is 32.2. The van der Waals surface area contributed by atoms with Crippen molar-refractivity contribution in [1.29, 1.82) is 0 Å². The number of hydrogen-bond acceptors (Lipinski definition) is 4. The molecule has 7 heteroatoms. The second-order valence-corrected chi connectivity index (χ2v) is 7.85. The maximum Gasteiger partial charge on any atom is 0.247 e. The molecule has 4 rings (SSSR count). The molecule has 0 aliphatic carbocycles. The predicted molar refractivity (Wildman–Crippen MR) is 112 cm³/mol. The van der Waals surface area contributed by atoms with Crippen molar-refractivity contribution >= 4 is 51.6 Å². The number of anilines is 2. The Morgan fingerprint density at radius 1 is 1.03 bits per heavy atom. The van der Waals surface area contributed by atoms with E-state index in [-0.39, 0.29) is 29.9 Å². The lowest BCUT2D eigenvalue weighted by molar-refractivity contribution is -0.121. The third kappa shape index (κ3) is 4.14. The summed E-state index contributed by atoms with van der Waals surface area (Å²) in [5.74, 6) is -1.37. The van der Waals surface area contributed by atoms with Gasteiger partial charge in [0, 0.05) is 12.1 Å². The van der Waals surface area contributed by atoms with Gasteiger partial charge in [-0.2, -0.15) is 0 Å². The molecule has 3 amide bonds. The largest absolute Gasteiger partial charge is 0.325 e. The minimum Gasteiger partial charge on any atom is -0.325 e. The van der Waals surface area contributed by atoms with Gasteiger partial charge in [0.25, 0.3) is 0 Å². The Morgan fingerprint density at radius 3 is 2.52 bits per heavy atom. The van der Waals surface area contributed by atoms with Gasteiger partial charge in [0.2, 0.25) is 17.7 Å². The molecule has 1 saturated heterocycles. The fourth-order valence-electron chi connectivity index (χ4n) is 3.24. The Bertz CT molecular complexity index is 1100. The monoisotopic (exact) mass is 408 g/mol. The van der Waals surface area contributed by atoms with Gasteiger partial charge in [-0.05, 0) is 47.2 Å². The number of carbonyl (C=O) groups excluding carboxylic acids is 3. The number of nitrogens with one attached hydrogen (secondary N) is 1. The SMILES string of the molecule is O=C(CS[C@H]1CC(=O)N(c2ccc(F)cc2)C1=O)Nc1ccc2ccccc2c1. The van der Waals surface area contributed by atoms with E-state index in [1.54, 1.807) is 0 Å². The molecule has 5 nitrogen and oxygen atoms in total. The van der Waals surface area contributed by atoms with Gasteiger partial charge in [-0.3, -0.25) is 14.4 Å². The molecule has 146 valence electrons. The molecule has 0 saturated carbocycles. The number of hydrogen-bond donors (Lipinski definition) is 1. The van der Waals surface area contributed by atoms with Crippen LogP contribution in [0.1, 0.15) is 6.42 Å². The molecule has 3 aromatic carbocycles. The van der Waals surface area contributed by atoms with Crippen LogP contribution >= 0.6 is 11.8 Å². The normalized spacial score (nSPS) is 16.4. The number of thioether (sulfide) groups is 1. The highest BCUT2D eigenvalue weighted by molar-refractivity contribution is 8.01. The molecule has 0 radical (unpaired) electrons. The zero-order chi connectivity index (χ0) is 20.4. The Balaban J connectivity index is 1.37. The highest BCUT2D eigenvalue weighted by Gasteiger charge is 2.40. The van der Waals surface area contributed by atoms with Crippen LogP contribution in [-0.4, -0.2) is 28.7 Å². The molecule has 0 bridgehead atoms. The van der Waals surface area contributed by atoms with Crippen molar-refractivity contribution in [1.82, 2.24) is 0 Å². The summed E-state index contributed by atoms with van der Waals surface area (Å²) in [5.41, 5.74) is 1.01. The van der Waals surface area contributed by atoms with Crippen LogP contribution in [0.4, 0.5) is 15.8 Å².